The van der Waals surface area contributed by atoms with Gasteiger partial charge in [-0.25, -0.2) is 12.8 Å². The van der Waals surface area contributed by atoms with E-state index in [-0.39, 0.29) is 15.6 Å². The summed E-state index contributed by atoms with van der Waals surface area (Å²) in [6.45, 7) is 0.348. The maximum atomic E-state index is 13.2. The van der Waals surface area contributed by atoms with Crippen molar-refractivity contribution >= 4 is 33.0 Å². The van der Waals surface area contributed by atoms with E-state index in [0.717, 1.165) is 30.3 Å². The first kappa shape index (κ1) is 22.3. The average molecular weight is 483 g/mol. The van der Waals surface area contributed by atoms with Crippen LogP contribution in [-0.4, -0.2) is 20.7 Å². The molecule has 1 N–H and O–H groups in total. The standard InChI is InChI=1S/C22H15ClF4N2O2S/c23-19-12-16(24)4-8-20(19)32(30,31)29-17-5-1-13(2-6-17)21-18-7-3-15(22(25,26)27)11-14(18)9-10-28-21/h1-8,11-12,29H,9-10H2. The van der Waals surface area contributed by atoms with Gasteiger partial charge in [-0.3, -0.25) is 9.71 Å². The van der Waals surface area contributed by atoms with Gasteiger partial charge in [0, 0.05) is 23.4 Å². The summed E-state index contributed by atoms with van der Waals surface area (Å²) in [5.41, 5.74) is 1.86. The number of fused-ring (bicyclic) bond motifs is 1. The second-order valence-corrected chi connectivity index (χ2v) is 9.17. The molecule has 3 aromatic carbocycles. The van der Waals surface area contributed by atoms with Gasteiger partial charge in [0.25, 0.3) is 10.0 Å². The minimum absolute atomic E-state index is 0.234. The van der Waals surface area contributed by atoms with Gasteiger partial charge in [-0.1, -0.05) is 29.8 Å². The highest BCUT2D eigenvalue weighted by molar-refractivity contribution is 7.92. The minimum atomic E-state index is -4.42. The molecule has 1 aliphatic rings. The number of aliphatic imine (C=N–C) groups is 1. The van der Waals surface area contributed by atoms with Crippen molar-refractivity contribution in [2.75, 3.05) is 11.3 Å². The Hall–Kier alpha value is -2.91. The number of anilines is 1. The third-order valence-corrected chi connectivity index (χ3v) is 6.80. The van der Waals surface area contributed by atoms with Crippen molar-refractivity contribution in [3.8, 4) is 0 Å². The van der Waals surface area contributed by atoms with E-state index >= 15 is 0 Å². The summed E-state index contributed by atoms with van der Waals surface area (Å²) in [7, 11) is -4.05. The second-order valence-electron chi connectivity index (χ2n) is 7.11. The summed E-state index contributed by atoms with van der Waals surface area (Å²) in [5, 5.41) is -0.250. The Morgan fingerprint density at radius 1 is 0.969 bits per heavy atom. The SMILES string of the molecule is O=S(=O)(Nc1ccc(C2=NCCc3cc(C(F)(F)F)ccc32)cc1)c1ccc(F)cc1Cl. The highest BCUT2D eigenvalue weighted by Crippen LogP contribution is 2.32. The average Bonchev–Trinajstić information content (AvgIpc) is 2.72. The van der Waals surface area contributed by atoms with Crippen LogP contribution in [0, 0.1) is 5.82 Å². The number of alkyl halides is 3. The van der Waals surface area contributed by atoms with Crippen LogP contribution in [0.15, 0.2) is 70.6 Å². The third kappa shape index (κ3) is 4.49. The van der Waals surface area contributed by atoms with Crippen molar-refractivity contribution in [2.45, 2.75) is 17.5 Å². The highest BCUT2D eigenvalue weighted by Gasteiger charge is 2.31. The number of rotatable bonds is 4. The molecule has 1 aliphatic heterocycles. The maximum Gasteiger partial charge on any atom is 0.416 e. The monoisotopic (exact) mass is 482 g/mol. The number of hydrogen-bond acceptors (Lipinski definition) is 3. The molecule has 0 aromatic heterocycles. The van der Waals surface area contributed by atoms with Crippen LogP contribution in [0.4, 0.5) is 23.2 Å². The van der Waals surface area contributed by atoms with E-state index in [2.05, 4.69) is 9.71 Å². The van der Waals surface area contributed by atoms with Crippen LogP contribution in [-0.2, 0) is 22.6 Å². The van der Waals surface area contributed by atoms with Gasteiger partial charge in [-0.15, -0.1) is 0 Å². The van der Waals surface area contributed by atoms with E-state index in [1.807, 2.05) is 0 Å². The van der Waals surface area contributed by atoms with Crippen LogP contribution in [0.2, 0.25) is 5.02 Å². The molecule has 0 aliphatic carbocycles. The predicted octanol–water partition coefficient (Wildman–Crippen LogP) is 5.69. The van der Waals surface area contributed by atoms with Crippen molar-refractivity contribution < 1.29 is 26.0 Å². The van der Waals surface area contributed by atoms with Crippen LogP contribution < -0.4 is 4.72 Å². The fourth-order valence-electron chi connectivity index (χ4n) is 3.43. The van der Waals surface area contributed by atoms with Crippen molar-refractivity contribution in [3.63, 3.8) is 0 Å². The zero-order valence-corrected chi connectivity index (χ0v) is 17.8. The molecule has 0 saturated carbocycles. The summed E-state index contributed by atoms with van der Waals surface area (Å²) >= 11 is 5.85. The summed E-state index contributed by atoms with van der Waals surface area (Å²) in [6.07, 6.45) is -4.02. The number of sulfonamides is 1. The Kier molecular flexibility index (Phi) is 5.72. The largest absolute Gasteiger partial charge is 0.416 e. The van der Waals surface area contributed by atoms with Gasteiger partial charge >= 0.3 is 6.18 Å². The predicted molar refractivity (Wildman–Crippen MR) is 114 cm³/mol. The molecule has 0 bridgehead atoms. The molecule has 4 nitrogen and oxygen atoms in total. The lowest BCUT2D eigenvalue weighted by molar-refractivity contribution is -0.137. The quantitative estimate of drug-likeness (QED) is 0.485. The smallest absolute Gasteiger partial charge is 0.284 e. The van der Waals surface area contributed by atoms with Crippen molar-refractivity contribution in [3.05, 3.63) is 93.8 Å². The molecule has 0 amide bonds. The van der Waals surface area contributed by atoms with Gasteiger partial charge in [0.05, 0.1) is 16.3 Å². The molecule has 4 rings (SSSR count). The summed E-state index contributed by atoms with van der Waals surface area (Å²) in [5.74, 6) is -0.658. The number of nitrogens with one attached hydrogen (secondary N) is 1. The molecular formula is C22H15ClF4N2O2S. The van der Waals surface area contributed by atoms with E-state index in [9.17, 15) is 26.0 Å². The van der Waals surface area contributed by atoms with Gasteiger partial charge in [0.2, 0.25) is 0 Å². The number of benzene rings is 3. The lowest BCUT2D eigenvalue weighted by Gasteiger charge is -2.19. The molecule has 10 heteroatoms. The maximum absolute atomic E-state index is 13.2. The molecular weight excluding hydrogens is 468 g/mol. The van der Waals surface area contributed by atoms with Gasteiger partial charge in [0.15, 0.2) is 0 Å². The van der Waals surface area contributed by atoms with Crippen LogP contribution in [0.25, 0.3) is 0 Å². The van der Waals surface area contributed by atoms with Crippen LogP contribution in [0.5, 0.6) is 0 Å². The first-order chi connectivity index (χ1) is 15.0. The summed E-state index contributed by atoms with van der Waals surface area (Å²) in [6, 6.07) is 12.8. The molecule has 1 heterocycles. The molecule has 166 valence electrons. The van der Waals surface area contributed by atoms with Crippen LogP contribution in [0.3, 0.4) is 0 Å². The van der Waals surface area contributed by atoms with E-state index in [1.54, 1.807) is 12.1 Å². The second kappa shape index (κ2) is 8.22. The van der Waals surface area contributed by atoms with E-state index in [0.29, 0.717) is 35.4 Å². The number of nitrogens with zero attached hydrogens (tertiary/aromatic N) is 1. The van der Waals surface area contributed by atoms with E-state index in [1.165, 1.54) is 18.2 Å². The third-order valence-electron chi connectivity index (χ3n) is 4.93. The zero-order chi connectivity index (χ0) is 23.1. The summed E-state index contributed by atoms with van der Waals surface area (Å²) < 4.78 is 79.7. The number of hydrogen-bond donors (Lipinski definition) is 1. The normalized spacial score (nSPS) is 14.0. The lowest BCUT2D eigenvalue weighted by atomic mass is 9.92. The van der Waals surface area contributed by atoms with E-state index in [4.69, 9.17) is 11.6 Å². The Bertz CT molecular complexity index is 1320. The van der Waals surface area contributed by atoms with Crippen molar-refractivity contribution in [1.29, 1.82) is 0 Å². The Balaban J connectivity index is 1.59. The lowest BCUT2D eigenvalue weighted by Crippen LogP contribution is -2.16. The summed E-state index contributed by atoms with van der Waals surface area (Å²) in [4.78, 5) is 4.18. The first-order valence-electron chi connectivity index (χ1n) is 9.38. The van der Waals surface area contributed by atoms with Gasteiger partial charge in [0.1, 0.15) is 10.7 Å². The van der Waals surface area contributed by atoms with E-state index < -0.39 is 27.6 Å². The molecule has 0 atom stereocenters. The number of halogens is 5. The molecule has 0 fully saturated rings. The molecule has 0 radical (unpaired) electrons. The molecule has 0 saturated heterocycles. The minimum Gasteiger partial charge on any atom is -0.284 e. The molecule has 3 aromatic rings. The fraction of sp³-hybridized carbons (Fsp3) is 0.136. The zero-order valence-electron chi connectivity index (χ0n) is 16.2. The van der Waals surface area contributed by atoms with Crippen LogP contribution >= 0.6 is 11.6 Å². The van der Waals surface area contributed by atoms with Gasteiger partial charge < -0.3 is 0 Å². The van der Waals surface area contributed by atoms with Gasteiger partial charge in [-0.05, 0) is 54.4 Å². The topological polar surface area (TPSA) is 58.5 Å². The fourth-order valence-corrected chi connectivity index (χ4v) is 5.02. The highest BCUT2D eigenvalue weighted by atomic mass is 35.5. The van der Waals surface area contributed by atoms with Crippen molar-refractivity contribution in [1.82, 2.24) is 0 Å². The van der Waals surface area contributed by atoms with Gasteiger partial charge in [-0.2, -0.15) is 13.2 Å². The van der Waals surface area contributed by atoms with Crippen molar-refractivity contribution in [2.24, 2.45) is 4.99 Å². The molecule has 0 unspecified atom stereocenters. The Morgan fingerprint density at radius 3 is 2.34 bits per heavy atom. The Labute approximate surface area is 186 Å². The van der Waals surface area contributed by atoms with Crippen LogP contribution in [0.1, 0.15) is 22.3 Å². The Morgan fingerprint density at radius 2 is 1.69 bits per heavy atom. The molecule has 0 spiro atoms. The molecule has 32 heavy (non-hydrogen) atoms. The first-order valence-corrected chi connectivity index (χ1v) is 11.2.